The normalized spacial score (nSPS) is 15.5. The van der Waals surface area contributed by atoms with Crippen LogP contribution in [0.4, 0.5) is 8.78 Å². The maximum absolute atomic E-state index is 12.1. The van der Waals surface area contributed by atoms with E-state index in [1.165, 1.54) is 12.1 Å². The summed E-state index contributed by atoms with van der Waals surface area (Å²) < 4.78 is 30.4. The molecule has 0 aliphatic carbocycles. The fourth-order valence-electron chi connectivity index (χ4n) is 2.11. The smallest absolute Gasteiger partial charge is 0.387 e. The minimum atomic E-state index is -2.80. The second-order valence-electron chi connectivity index (χ2n) is 4.42. The van der Waals surface area contributed by atoms with Crippen molar-refractivity contribution < 1.29 is 13.5 Å². The predicted octanol–water partition coefficient (Wildman–Crippen LogP) is 2.16. The van der Waals surface area contributed by atoms with Gasteiger partial charge in [0.15, 0.2) is 0 Å². The van der Waals surface area contributed by atoms with Crippen molar-refractivity contribution in [2.75, 3.05) is 13.1 Å². The monoisotopic (exact) mass is 265 g/mol. The van der Waals surface area contributed by atoms with Crippen LogP contribution in [-0.2, 0) is 0 Å². The van der Waals surface area contributed by atoms with Crippen molar-refractivity contribution in [3.05, 3.63) is 42.5 Å². The molecule has 0 atom stereocenters. The average molecular weight is 265 g/mol. The molecule has 1 saturated heterocycles. The molecule has 0 saturated carbocycles. The van der Waals surface area contributed by atoms with Gasteiger partial charge < -0.3 is 14.6 Å². The molecule has 3 rings (SSSR count). The summed E-state index contributed by atoms with van der Waals surface area (Å²) in [4.78, 5) is 4.16. The van der Waals surface area contributed by atoms with Gasteiger partial charge in [0.2, 0.25) is 0 Å². The number of benzene rings is 1. The minimum Gasteiger partial charge on any atom is -0.435 e. The Morgan fingerprint density at radius 1 is 1.26 bits per heavy atom. The number of nitrogens with zero attached hydrogens (tertiary/aromatic N) is 2. The lowest BCUT2D eigenvalue weighted by molar-refractivity contribution is -0.0498. The number of nitrogens with one attached hydrogen (secondary N) is 1. The number of aromatic nitrogens is 2. The number of halogens is 2. The molecule has 1 aromatic heterocycles. The fraction of sp³-hybridized carbons (Fsp3) is 0.308. The van der Waals surface area contributed by atoms with Crippen molar-refractivity contribution in [1.29, 1.82) is 0 Å². The van der Waals surface area contributed by atoms with E-state index in [1.807, 2.05) is 10.8 Å². The number of imidazole rings is 1. The van der Waals surface area contributed by atoms with E-state index in [9.17, 15) is 8.78 Å². The molecular weight excluding hydrogens is 252 g/mol. The van der Waals surface area contributed by atoms with E-state index in [0.29, 0.717) is 5.92 Å². The van der Waals surface area contributed by atoms with Crippen LogP contribution in [0.15, 0.2) is 36.8 Å². The van der Waals surface area contributed by atoms with Crippen molar-refractivity contribution >= 4 is 0 Å². The molecule has 4 nitrogen and oxygen atoms in total. The van der Waals surface area contributed by atoms with E-state index in [0.717, 1.165) is 24.5 Å². The topological polar surface area (TPSA) is 39.1 Å². The van der Waals surface area contributed by atoms with Crippen molar-refractivity contribution in [1.82, 2.24) is 14.9 Å². The Kier molecular flexibility index (Phi) is 3.16. The molecule has 1 N–H and O–H groups in total. The number of rotatable bonds is 4. The zero-order valence-electron chi connectivity index (χ0n) is 10.1. The first kappa shape index (κ1) is 12.1. The third-order valence-electron chi connectivity index (χ3n) is 3.21. The average Bonchev–Trinajstić information content (AvgIpc) is 2.76. The molecule has 19 heavy (non-hydrogen) atoms. The summed E-state index contributed by atoms with van der Waals surface area (Å²) in [7, 11) is 0. The van der Waals surface area contributed by atoms with Gasteiger partial charge in [0, 0.05) is 36.6 Å². The Morgan fingerprint density at radius 3 is 2.58 bits per heavy atom. The molecule has 0 radical (unpaired) electrons. The second-order valence-corrected chi connectivity index (χ2v) is 4.42. The molecular formula is C13H13F2N3O. The van der Waals surface area contributed by atoms with E-state index in [4.69, 9.17) is 0 Å². The van der Waals surface area contributed by atoms with Gasteiger partial charge in [-0.15, -0.1) is 0 Å². The van der Waals surface area contributed by atoms with Crippen molar-refractivity contribution in [3.8, 4) is 11.4 Å². The van der Waals surface area contributed by atoms with Gasteiger partial charge in [-0.3, -0.25) is 0 Å². The maximum Gasteiger partial charge on any atom is 0.387 e. The molecule has 6 heteroatoms. The van der Waals surface area contributed by atoms with Gasteiger partial charge in [-0.1, -0.05) is 0 Å². The third kappa shape index (κ3) is 2.44. The first-order valence-electron chi connectivity index (χ1n) is 6.02. The van der Waals surface area contributed by atoms with Gasteiger partial charge in [-0.05, 0) is 24.3 Å². The lowest BCUT2D eigenvalue weighted by atomic mass is 10.00. The summed E-state index contributed by atoms with van der Waals surface area (Å²) in [6, 6.07) is 6.55. The molecule has 1 aliphatic heterocycles. The quantitative estimate of drug-likeness (QED) is 0.920. The molecule has 0 bridgehead atoms. The summed E-state index contributed by atoms with van der Waals surface area (Å²) in [5.41, 5.74) is 2.02. The second kappa shape index (κ2) is 4.97. The summed E-state index contributed by atoms with van der Waals surface area (Å²) in [5, 5.41) is 3.21. The first-order chi connectivity index (χ1) is 9.24. The van der Waals surface area contributed by atoms with E-state index >= 15 is 0 Å². The molecule has 1 aromatic carbocycles. The molecule has 0 spiro atoms. The highest BCUT2D eigenvalue weighted by Crippen LogP contribution is 2.24. The molecule has 1 fully saturated rings. The molecule has 0 unspecified atom stereocenters. The number of hydrogen-bond donors (Lipinski definition) is 1. The van der Waals surface area contributed by atoms with E-state index in [2.05, 4.69) is 15.0 Å². The van der Waals surface area contributed by atoms with Crippen LogP contribution >= 0.6 is 0 Å². The Balaban J connectivity index is 1.84. The van der Waals surface area contributed by atoms with E-state index < -0.39 is 6.61 Å². The summed E-state index contributed by atoms with van der Waals surface area (Å²) in [6.45, 7) is -0.910. The van der Waals surface area contributed by atoms with Gasteiger partial charge >= 0.3 is 6.61 Å². The lowest BCUT2D eigenvalue weighted by Gasteiger charge is -2.27. The molecule has 2 heterocycles. The van der Waals surface area contributed by atoms with Gasteiger partial charge in [0.05, 0.1) is 6.33 Å². The highest BCUT2D eigenvalue weighted by molar-refractivity contribution is 5.39. The zero-order valence-corrected chi connectivity index (χ0v) is 10.1. The van der Waals surface area contributed by atoms with E-state index in [1.54, 1.807) is 18.5 Å². The molecule has 2 aromatic rings. The van der Waals surface area contributed by atoms with Crippen LogP contribution in [0.3, 0.4) is 0 Å². The third-order valence-corrected chi connectivity index (χ3v) is 3.21. The first-order valence-corrected chi connectivity index (χ1v) is 6.02. The molecule has 100 valence electrons. The Hall–Kier alpha value is -1.95. The van der Waals surface area contributed by atoms with Crippen molar-refractivity contribution in [2.45, 2.75) is 12.5 Å². The number of hydrogen-bond acceptors (Lipinski definition) is 3. The Bertz CT molecular complexity index is 549. The SMILES string of the molecule is FC(F)Oc1ccc(-n2cncc2C2CNC2)cc1. The van der Waals surface area contributed by atoms with Gasteiger partial charge in [-0.25, -0.2) is 4.98 Å². The Labute approximate surface area is 109 Å². The lowest BCUT2D eigenvalue weighted by Crippen LogP contribution is -2.40. The standard InChI is InChI=1S/C13H13F2N3O/c14-13(15)19-11-3-1-10(2-4-11)18-8-17-7-12(18)9-5-16-6-9/h1-4,7-9,13,16H,5-6H2. The molecule has 0 amide bonds. The highest BCUT2D eigenvalue weighted by atomic mass is 19.3. The largest absolute Gasteiger partial charge is 0.435 e. The van der Waals surface area contributed by atoms with Crippen LogP contribution in [0, 0.1) is 0 Å². The van der Waals surface area contributed by atoms with Crippen LogP contribution in [0.5, 0.6) is 5.75 Å². The summed E-state index contributed by atoms with van der Waals surface area (Å²) >= 11 is 0. The summed E-state index contributed by atoms with van der Waals surface area (Å²) in [5.74, 6) is 0.616. The van der Waals surface area contributed by atoms with Crippen LogP contribution in [0.2, 0.25) is 0 Å². The minimum absolute atomic E-state index is 0.158. The van der Waals surface area contributed by atoms with Crippen molar-refractivity contribution in [2.24, 2.45) is 0 Å². The fourth-order valence-corrected chi connectivity index (χ4v) is 2.11. The summed E-state index contributed by atoms with van der Waals surface area (Å²) in [6.07, 6.45) is 3.58. The Morgan fingerprint density at radius 2 is 2.00 bits per heavy atom. The van der Waals surface area contributed by atoms with Gasteiger partial charge in [0.1, 0.15) is 5.75 Å². The van der Waals surface area contributed by atoms with Crippen LogP contribution in [0.25, 0.3) is 5.69 Å². The number of alkyl halides is 2. The van der Waals surface area contributed by atoms with Crippen LogP contribution in [-0.4, -0.2) is 29.3 Å². The number of ether oxygens (including phenoxy) is 1. The van der Waals surface area contributed by atoms with E-state index in [-0.39, 0.29) is 5.75 Å². The van der Waals surface area contributed by atoms with Gasteiger partial charge in [-0.2, -0.15) is 8.78 Å². The van der Waals surface area contributed by atoms with Gasteiger partial charge in [0.25, 0.3) is 0 Å². The zero-order chi connectivity index (χ0) is 13.2. The predicted molar refractivity (Wildman–Crippen MR) is 65.8 cm³/mol. The highest BCUT2D eigenvalue weighted by Gasteiger charge is 2.22. The molecule has 1 aliphatic rings. The van der Waals surface area contributed by atoms with Crippen LogP contribution in [0.1, 0.15) is 11.6 Å². The van der Waals surface area contributed by atoms with Crippen molar-refractivity contribution in [3.63, 3.8) is 0 Å². The maximum atomic E-state index is 12.1. The van der Waals surface area contributed by atoms with Crippen LogP contribution < -0.4 is 10.1 Å².